The first-order valence-electron chi connectivity index (χ1n) is 6.14. The van der Waals surface area contributed by atoms with Crippen molar-refractivity contribution in [3.63, 3.8) is 0 Å². The predicted octanol–water partition coefficient (Wildman–Crippen LogP) is 3.85. The number of ether oxygens (including phenoxy) is 1. The molecular weight excluding hydrogens is 258 g/mol. The molecule has 0 amide bonds. The molecule has 4 heteroatoms. The number of aryl methyl sites for hydroxylation is 3. The molecule has 0 unspecified atom stereocenters. The third-order valence-corrected chi connectivity index (χ3v) is 3.98. The molecule has 0 spiro atoms. The van der Waals surface area contributed by atoms with E-state index in [9.17, 15) is 4.79 Å². The molecule has 100 valence electrons. The number of aromatic nitrogens is 1. The number of rotatable bonds is 4. The first-order chi connectivity index (χ1) is 8.97. The first-order valence-corrected chi connectivity index (χ1v) is 6.96. The van der Waals surface area contributed by atoms with Crippen molar-refractivity contribution in [1.29, 1.82) is 0 Å². The van der Waals surface area contributed by atoms with Crippen LogP contribution in [0.5, 0.6) is 5.75 Å². The van der Waals surface area contributed by atoms with Crippen molar-refractivity contribution in [3.8, 4) is 5.75 Å². The van der Waals surface area contributed by atoms with Gasteiger partial charge in [0.2, 0.25) is 0 Å². The number of ketones is 1. The number of carbonyl (C=O) groups is 1. The van der Waals surface area contributed by atoms with Crippen LogP contribution in [0.4, 0.5) is 0 Å². The summed E-state index contributed by atoms with van der Waals surface area (Å²) in [5.41, 5.74) is 2.72. The Hall–Kier alpha value is -1.68. The lowest BCUT2D eigenvalue weighted by Crippen LogP contribution is -2.02. The Morgan fingerprint density at radius 2 is 2.05 bits per heavy atom. The normalized spacial score (nSPS) is 10.5. The fraction of sp³-hybridized carbons (Fsp3) is 0.333. The van der Waals surface area contributed by atoms with E-state index in [1.807, 2.05) is 39.0 Å². The summed E-state index contributed by atoms with van der Waals surface area (Å²) in [6, 6.07) is 5.65. The number of nitrogens with zero attached hydrogens (tertiary/aromatic N) is 1. The minimum Gasteiger partial charge on any atom is -0.486 e. The van der Waals surface area contributed by atoms with E-state index in [1.54, 1.807) is 18.3 Å². The molecule has 1 aromatic carbocycles. The van der Waals surface area contributed by atoms with Crippen LogP contribution in [0.15, 0.2) is 18.2 Å². The average molecular weight is 275 g/mol. The fourth-order valence-corrected chi connectivity index (χ4v) is 2.63. The first kappa shape index (κ1) is 13.7. The SMILES string of the molecule is CC(=O)c1cc(C)ccc1OCc1nc(C)c(C)s1. The minimum atomic E-state index is 0.0187. The quantitative estimate of drug-likeness (QED) is 0.796. The number of carbonyl (C=O) groups excluding carboxylic acids is 1. The van der Waals surface area contributed by atoms with E-state index in [-0.39, 0.29) is 5.78 Å². The van der Waals surface area contributed by atoms with Gasteiger partial charge in [-0.25, -0.2) is 4.98 Å². The molecule has 0 atom stereocenters. The summed E-state index contributed by atoms with van der Waals surface area (Å²) in [7, 11) is 0. The van der Waals surface area contributed by atoms with Gasteiger partial charge in [-0.3, -0.25) is 4.79 Å². The minimum absolute atomic E-state index is 0.0187. The van der Waals surface area contributed by atoms with Crippen LogP contribution in [0.25, 0.3) is 0 Å². The lowest BCUT2D eigenvalue weighted by Gasteiger charge is -2.09. The highest BCUT2D eigenvalue weighted by Crippen LogP contribution is 2.23. The third kappa shape index (κ3) is 3.20. The second-order valence-corrected chi connectivity index (χ2v) is 5.88. The van der Waals surface area contributed by atoms with Crippen LogP contribution in [0.2, 0.25) is 0 Å². The highest BCUT2D eigenvalue weighted by atomic mass is 32.1. The smallest absolute Gasteiger partial charge is 0.163 e. The Labute approximate surface area is 117 Å². The summed E-state index contributed by atoms with van der Waals surface area (Å²) >= 11 is 1.63. The maximum absolute atomic E-state index is 11.6. The number of hydrogen-bond donors (Lipinski definition) is 0. The summed E-state index contributed by atoms with van der Waals surface area (Å²) in [6.45, 7) is 7.96. The average Bonchev–Trinajstić information content (AvgIpc) is 2.67. The summed E-state index contributed by atoms with van der Waals surface area (Å²) in [6.07, 6.45) is 0. The fourth-order valence-electron chi connectivity index (χ4n) is 1.79. The van der Waals surface area contributed by atoms with Gasteiger partial charge in [0.1, 0.15) is 17.4 Å². The van der Waals surface area contributed by atoms with Crippen LogP contribution in [-0.2, 0) is 6.61 Å². The van der Waals surface area contributed by atoms with Crippen LogP contribution in [0.3, 0.4) is 0 Å². The van der Waals surface area contributed by atoms with E-state index in [4.69, 9.17) is 4.74 Å². The van der Waals surface area contributed by atoms with Crippen molar-refractivity contribution >= 4 is 17.1 Å². The van der Waals surface area contributed by atoms with E-state index in [0.717, 1.165) is 16.3 Å². The standard InChI is InChI=1S/C15H17NO2S/c1-9-5-6-14(13(7-9)11(3)17)18-8-15-16-10(2)12(4)19-15/h5-7H,8H2,1-4H3. The van der Waals surface area contributed by atoms with Gasteiger partial charge >= 0.3 is 0 Å². The van der Waals surface area contributed by atoms with E-state index in [1.165, 1.54) is 4.88 Å². The van der Waals surface area contributed by atoms with Gasteiger partial charge in [-0.15, -0.1) is 11.3 Å². The van der Waals surface area contributed by atoms with Crippen molar-refractivity contribution in [2.24, 2.45) is 0 Å². The molecule has 0 radical (unpaired) electrons. The third-order valence-electron chi connectivity index (χ3n) is 2.94. The van der Waals surface area contributed by atoms with Gasteiger partial charge in [0.05, 0.1) is 11.3 Å². The van der Waals surface area contributed by atoms with Crippen molar-refractivity contribution in [3.05, 3.63) is 44.9 Å². The van der Waals surface area contributed by atoms with Gasteiger partial charge in [0, 0.05) is 4.88 Å². The van der Waals surface area contributed by atoms with Crippen molar-refractivity contribution in [2.75, 3.05) is 0 Å². The Morgan fingerprint density at radius 3 is 2.63 bits per heavy atom. The molecule has 0 saturated carbocycles. The van der Waals surface area contributed by atoms with Gasteiger partial charge in [-0.1, -0.05) is 11.6 Å². The largest absolute Gasteiger partial charge is 0.486 e. The highest BCUT2D eigenvalue weighted by molar-refractivity contribution is 7.11. The lowest BCUT2D eigenvalue weighted by molar-refractivity contribution is 0.101. The molecule has 2 rings (SSSR count). The van der Waals surface area contributed by atoms with Crippen molar-refractivity contribution in [1.82, 2.24) is 4.98 Å². The molecule has 1 aromatic heterocycles. The van der Waals surface area contributed by atoms with E-state index in [0.29, 0.717) is 17.9 Å². The van der Waals surface area contributed by atoms with Crippen LogP contribution in [0.1, 0.15) is 38.4 Å². The summed E-state index contributed by atoms with van der Waals surface area (Å²) < 4.78 is 5.73. The molecule has 1 heterocycles. The number of benzene rings is 1. The van der Waals surface area contributed by atoms with E-state index >= 15 is 0 Å². The Balaban J connectivity index is 2.17. The monoisotopic (exact) mass is 275 g/mol. The maximum Gasteiger partial charge on any atom is 0.163 e. The molecule has 3 nitrogen and oxygen atoms in total. The second-order valence-electron chi connectivity index (χ2n) is 4.59. The van der Waals surface area contributed by atoms with Crippen LogP contribution >= 0.6 is 11.3 Å². The zero-order valence-corrected chi connectivity index (χ0v) is 12.4. The molecule has 0 aliphatic rings. The van der Waals surface area contributed by atoms with E-state index < -0.39 is 0 Å². The zero-order chi connectivity index (χ0) is 14.0. The van der Waals surface area contributed by atoms with Crippen LogP contribution in [-0.4, -0.2) is 10.8 Å². The second kappa shape index (κ2) is 5.53. The lowest BCUT2D eigenvalue weighted by atomic mass is 10.1. The summed E-state index contributed by atoms with van der Waals surface area (Å²) in [5, 5.41) is 0.935. The summed E-state index contributed by atoms with van der Waals surface area (Å²) in [5.74, 6) is 0.647. The van der Waals surface area contributed by atoms with Crippen molar-refractivity contribution in [2.45, 2.75) is 34.3 Å². The Kier molecular flexibility index (Phi) is 4.00. The van der Waals surface area contributed by atoms with Gasteiger partial charge < -0.3 is 4.74 Å². The van der Waals surface area contributed by atoms with Gasteiger partial charge in [-0.05, 0) is 39.8 Å². The number of hydrogen-bond acceptors (Lipinski definition) is 4. The molecular formula is C15H17NO2S. The predicted molar refractivity (Wildman–Crippen MR) is 77.1 cm³/mol. The molecule has 0 N–H and O–H groups in total. The maximum atomic E-state index is 11.6. The van der Waals surface area contributed by atoms with Crippen LogP contribution < -0.4 is 4.74 Å². The van der Waals surface area contributed by atoms with E-state index in [2.05, 4.69) is 4.98 Å². The molecule has 0 bridgehead atoms. The number of thiazole rings is 1. The Bertz CT molecular complexity index is 597. The molecule has 0 fully saturated rings. The molecule has 0 aliphatic carbocycles. The van der Waals surface area contributed by atoms with Gasteiger partial charge in [0.25, 0.3) is 0 Å². The van der Waals surface area contributed by atoms with Gasteiger partial charge in [0.15, 0.2) is 5.78 Å². The Morgan fingerprint density at radius 1 is 1.32 bits per heavy atom. The van der Waals surface area contributed by atoms with Gasteiger partial charge in [-0.2, -0.15) is 0 Å². The number of Topliss-reactive ketones (excluding diaryl/α,β-unsaturated/α-hetero) is 1. The molecule has 2 aromatic rings. The molecule has 0 aliphatic heterocycles. The zero-order valence-electron chi connectivity index (χ0n) is 11.6. The molecule has 19 heavy (non-hydrogen) atoms. The van der Waals surface area contributed by atoms with Crippen molar-refractivity contribution < 1.29 is 9.53 Å². The topological polar surface area (TPSA) is 39.2 Å². The van der Waals surface area contributed by atoms with Crippen LogP contribution in [0, 0.1) is 20.8 Å². The molecule has 0 saturated heterocycles. The summed E-state index contributed by atoms with van der Waals surface area (Å²) in [4.78, 5) is 17.2. The highest BCUT2D eigenvalue weighted by Gasteiger charge is 2.10.